The molecule has 0 aliphatic carbocycles. The summed E-state index contributed by atoms with van der Waals surface area (Å²) in [5.74, 6) is -0.928. The molecule has 0 fully saturated rings. The Morgan fingerprint density at radius 3 is 0.829 bits per heavy atom. The number of hydrogen-bond donors (Lipinski definition) is 0. The molecule has 0 amide bonds. The highest BCUT2D eigenvalue weighted by molar-refractivity contribution is 5.71. The van der Waals surface area contributed by atoms with Gasteiger partial charge >= 0.3 is 17.9 Å². The number of carbonyl (C=O) groups is 3. The smallest absolute Gasteiger partial charge is 0.306 e. The summed E-state index contributed by atoms with van der Waals surface area (Å²) in [6.07, 6.45) is 86.5. The normalized spacial score (nSPS) is 12.8. The molecular formula is C70H118O6. The molecule has 0 N–H and O–H groups in total. The molecule has 6 nitrogen and oxygen atoms in total. The van der Waals surface area contributed by atoms with Gasteiger partial charge in [-0.25, -0.2) is 0 Å². The minimum Gasteiger partial charge on any atom is -0.462 e. The van der Waals surface area contributed by atoms with Gasteiger partial charge in [0.25, 0.3) is 0 Å². The maximum absolute atomic E-state index is 12.9. The first-order valence-electron chi connectivity index (χ1n) is 31.9. The molecule has 0 radical (unpaired) electrons. The van der Waals surface area contributed by atoms with E-state index in [4.69, 9.17) is 14.2 Å². The van der Waals surface area contributed by atoms with E-state index in [0.29, 0.717) is 19.3 Å². The Bertz CT molecular complexity index is 1540. The lowest BCUT2D eigenvalue weighted by Gasteiger charge is -2.18. The third-order valence-electron chi connectivity index (χ3n) is 13.5. The minimum atomic E-state index is -0.799. The predicted octanol–water partition coefficient (Wildman–Crippen LogP) is 21.8. The number of carbonyl (C=O) groups excluding carboxylic acids is 3. The Balaban J connectivity index is 4.46. The van der Waals surface area contributed by atoms with Crippen molar-refractivity contribution in [3.8, 4) is 0 Å². The molecule has 6 heteroatoms. The Kier molecular flexibility index (Phi) is 60.3. The fourth-order valence-electron chi connectivity index (χ4n) is 8.71. The number of ether oxygens (including phenoxy) is 3. The fraction of sp³-hybridized carbons (Fsp3) is 0.700. The zero-order chi connectivity index (χ0) is 55.0. The largest absolute Gasteiger partial charge is 0.462 e. The van der Waals surface area contributed by atoms with E-state index in [0.717, 1.165) is 135 Å². The van der Waals surface area contributed by atoms with Gasteiger partial charge in [0, 0.05) is 19.3 Å². The summed E-state index contributed by atoms with van der Waals surface area (Å²) < 4.78 is 16.9. The quantitative estimate of drug-likeness (QED) is 0.0261. The second-order valence-corrected chi connectivity index (χ2v) is 20.9. The van der Waals surface area contributed by atoms with Gasteiger partial charge in [-0.15, -0.1) is 0 Å². The monoisotopic (exact) mass is 1050 g/mol. The molecule has 0 aliphatic rings. The summed E-state index contributed by atoms with van der Waals surface area (Å²) in [6, 6.07) is 0. The van der Waals surface area contributed by atoms with E-state index < -0.39 is 6.10 Å². The third kappa shape index (κ3) is 60.9. The molecule has 0 aromatic rings. The van der Waals surface area contributed by atoms with Crippen molar-refractivity contribution in [2.45, 2.75) is 303 Å². The highest BCUT2D eigenvalue weighted by atomic mass is 16.6. The summed E-state index contributed by atoms with van der Waals surface area (Å²) in [5.41, 5.74) is 0. The van der Waals surface area contributed by atoms with Crippen LogP contribution in [0.4, 0.5) is 0 Å². The van der Waals surface area contributed by atoms with Gasteiger partial charge in [-0.05, 0) is 128 Å². The lowest BCUT2D eigenvalue weighted by Crippen LogP contribution is -2.30. The van der Waals surface area contributed by atoms with E-state index >= 15 is 0 Å². The first-order chi connectivity index (χ1) is 37.5. The molecular weight excluding hydrogens is 937 g/mol. The van der Waals surface area contributed by atoms with Crippen molar-refractivity contribution < 1.29 is 28.6 Å². The molecule has 1 atom stereocenters. The van der Waals surface area contributed by atoms with Crippen LogP contribution in [0.5, 0.6) is 0 Å². The molecule has 434 valence electrons. The van der Waals surface area contributed by atoms with Crippen molar-refractivity contribution in [2.75, 3.05) is 13.2 Å². The zero-order valence-electron chi connectivity index (χ0n) is 49.7. The van der Waals surface area contributed by atoms with Crippen molar-refractivity contribution >= 4 is 17.9 Å². The number of hydrogen-bond acceptors (Lipinski definition) is 6. The topological polar surface area (TPSA) is 78.9 Å². The van der Waals surface area contributed by atoms with Crippen LogP contribution in [0.1, 0.15) is 297 Å². The standard InChI is InChI=1S/C70H118O6/c1-4-7-10-13-16-19-22-25-28-31-33-34-35-36-38-39-42-45-48-51-54-57-60-63-69(72)75-66-67(65-74-68(71)62-59-56-53-50-47-44-41-30-27-24-21-18-15-12-9-6-3)76-70(73)64-61-58-55-52-49-46-43-40-37-32-29-26-23-20-17-14-11-8-5-2/h7,10,16,19,21,24-26,28-30,33-34,36,38,41-42,45,67H,4-6,8-9,11-15,17-18,20,22-23,27,31-32,35,37,39-40,43-44,46-66H2,1-3H3/b10-7-,19-16-,24-21-,28-25-,29-26-,34-33-,38-36-,41-30-,45-42-. The van der Waals surface area contributed by atoms with Gasteiger partial charge in [0.1, 0.15) is 13.2 Å². The number of esters is 3. The van der Waals surface area contributed by atoms with E-state index in [9.17, 15) is 14.4 Å². The zero-order valence-corrected chi connectivity index (χ0v) is 49.7. The second kappa shape index (κ2) is 63.6. The van der Waals surface area contributed by atoms with Gasteiger partial charge in [-0.1, -0.05) is 259 Å². The van der Waals surface area contributed by atoms with Crippen molar-refractivity contribution in [3.63, 3.8) is 0 Å². The number of unbranched alkanes of at least 4 members (excludes halogenated alkanes) is 28. The van der Waals surface area contributed by atoms with Gasteiger partial charge < -0.3 is 14.2 Å². The molecule has 76 heavy (non-hydrogen) atoms. The van der Waals surface area contributed by atoms with Gasteiger partial charge in [0.2, 0.25) is 0 Å². The molecule has 0 saturated heterocycles. The lowest BCUT2D eigenvalue weighted by molar-refractivity contribution is -0.167. The van der Waals surface area contributed by atoms with Crippen molar-refractivity contribution in [3.05, 3.63) is 109 Å². The van der Waals surface area contributed by atoms with Crippen LogP contribution in [0.2, 0.25) is 0 Å². The lowest BCUT2D eigenvalue weighted by atomic mass is 10.1. The molecule has 0 heterocycles. The molecule has 0 aromatic heterocycles. The predicted molar refractivity (Wildman–Crippen MR) is 330 cm³/mol. The Hall–Kier alpha value is -3.93. The van der Waals surface area contributed by atoms with E-state index in [2.05, 4.69) is 130 Å². The highest BCUT2D eigenvalue weighted by Crippen LogP contribution is 2.15. The van der Waals surface area contributed by atoms with Crippen molar-refractivity contribution in [2.24, 2.45) is 0 Å². The summed E-state index contributed by atoms with van der Waals surface area (Å²) in [5, 5.41) is 0. The van der Waals surface area contributed by atoms with Gasteiger partial charge in [-0.3, -0.25) is 14.4 Å². The van der Waals surface area contributed by atoms with E-state index in [-0.39, 0.29) is 31.1 Å². The van der Waals surface area contributed by atoms with Crippen LogP contribution >= 0.6 is 0 Å². The first kappa shape index (κ1) is 72.1. The maximum atomic E-state index is 12.9. The van der Waals surface area contributed by atoms with Crippen LogP contribution in [-0.2, 0) is 28.6 Å². The summed E-state index contributed by atoms with van der Waals surface area (Å²) in [6.45, 7) is 6.49. The fourth-order valence-corrected chi connectivity index (χ4v) is 8.71. The first-order valence-corrected chi connectivity index (χ1v) is 31.9. The van der Waals surface area contributed by atoms with Crippen LogP contribution < -0.4 is 0 Å². The van der Waals surface area contributed by atoms with E-state index in [1.54, 1.807) is 0 Å². The molecule has 0 spiro atoms. The Morgan fingerprint density at radius 2 is 0.513 bits per heavy atom. The minimum absolute atomic E-state index is 0.0949. The van der Waals surface area contributed by atoms with Crippen LogP contribution in [0, 0.1) is 0 Å². The molecule has 0 aliphatic heterocycles. The van der Waals surface area contributed by atoms with Crippen LogP contribution in [0.15, 0.2) is 109 Å². The number of rotatable bonds is 57. The number of allylic oxidation sites excluding steroid dienone is 18. The third-order valence-corrected chi connectivity index (χ3v) is 13.5. The summed E-state index contributed by atoms with van der Waals surface area (Å²) in [4.78, 5) is 38.3. The summed E-state index contributed by atoms with van der Waals surface area (Å²) in [7, 11) is 0. The Morgan fingerprint density at radius 1 is 0.276 bits per heavy atom. The van der Waals surface area contributed by atoms with Crippen molar-refractivity contribution in [1.82, 2.24) is 0 Å². The Labute approximate surface area is 470 Å². The van der Waals surface area contributed by atoms with E-state index in [1.807, 2.05) is 0 Å². The van der Waals surface area contributed by atoms with Crippen LogP contribution in [-0.4, -0.2) is 37.2 Å². The second-order valence-electron chi connectivity index (χ2n) is 20.9. The molecule has 0 aromatic carbocycles. The van der Waals surface area contributed by atoms with Gasteiger partial charge in [-0.2, -0.15) is 0 Å². The molecule has 0 saturated carbocycles. The average molecular weight is 1060 g/mol. The van der Waals surface area contributed by atoms with E-state index in [1.165, 1.54) is 122 Å². The molecule has 0 rings (SSSR count). The average Bonchev–Trinajstić information content (AvgIpc) is 3.42. The summed E-state index contributed by atoms with van der Waals surface area (Å²) >= 11 is 0. The molecule has 0 bridgehead atoms. The maximum Gasteiger partial charge on any atom is 0.306 e. The highest BCUT2D eigenvalue weighted by Gasteiger charge is 2.19. The van der Waals surface area contributed by atoms with Gasteiger partial charge in [0.15, 0.2) is 6.10 Å². The van der Waals surface area contributed by atoms with Crippen molar-refractivity contribution in [1.29, 1.82) is 0 Å². The van der Waals surface area contributed by atoms with Crippen LogP contribution in [0.3, 0.4) is 0 Å². The molecule has 1 unspecified atom stereocenters. The SMILES string of the molecule is CC/C=C\C/C=C\C/C=C\C/C=C\C/C=C\C/C=C\CCCCCCC(=O)OCC(COC(=O)CCCCCCC/C=C\C/C=C\CCCCCC)OC(=O)CCCCCCCCCCC/C=C\CCCCCCCC. The van der Waals surface area contributed by atoms with Crippen LogP contribution in [0.25, 0.3) is 0 Å². The van der Waals surface area contributed by atoms with Gasteiger partial charge in [0.05, 0.1) is 0 Å².